The molecule has 0 fully saturated rings. The van der Waals surface area contributed by atoms with Crippen LogP contribution in [0.1, 0.15) is 0 Å². The minimum Gasteiger partial charge on any atom is -0.436 e. The van der Waals surface area contributed by atoms with Crippen LogP contribution in [-0.2, 0) is 4.74 Å². The first-order valence-electron chi connectivity index (χ1n) is 3.96. The maximum absolute atomic E-state index is 11.0. The van der Waals surface area contributed by atoms with Gasteiger partial charge in [0, 0.05) is 0 Å². The molecule has 0 saturated heterocycles. The largest absolute Gasteiger partial charge is 0.436 e. The fourth-order valence-corrected chi connectivity index (χ4v) is 0.864. The Labute approximate surface area is 82.1 Å². The average molecular weight is 190 g/mol. The summed E-state index contributed by atoms with van der Waals surface area (Å²) in [7, 11) is 0. The van der Waals surface area contributed by atoms with Crippen LogP contribution in [0, 0.1) is 12.3 Å². The Balaban J connectivity index is 2.57. The minimum absolute atomic E-state index is 0.0570. The summed E-state index contributed by atoms with van der Waals surface area (Å²) in [6, 6.07) is 6.88. The van der Waals surface area contributed by atoms with E-state index < -0.39 is 6.09 Å². The molecule has 0 aliphatic rings. The van der Waals surface area contributed by atoms with Crippen molar-refractivity contribution >= 4 is 17.5 Å². The fourth-order valence-electron chi connectivity index (χ4n) is 0.864. The van der Waals surface area contributed by atoms with Gasteiger partial charge in [-0.1, -0.05) is 18.1 Å². The molecular weight excluding hydrogens is 180 g/mol. The van der Waals surface area contributed by atoms with Crippen LogP contribution in [0.25, 0.3) is 0 Å². The zero-order chi connectivity index (χ0) is 10.4. The van der Waals surface area contributed by atoms with E-state index in [0.29, 0.717) is 11.4 Å². The molecule has 1 aromatic carbocycles. The molecule has 72 valence electrons. The topological polar surface area (TPSA) is 64.3 Å². The third kappa shape index (κ3) is 2.72. The van der Waals surface area contributed by atoms with Gasteiger partial charge >= 0.3 is 6.09 Å². The maximum Gasteiger partial charge on any atom is 0.412 e. The van der Waals surface area contributed by atoms with Gasteiger partial charge < -0.3 is 10.5 Å². The first-order valence-corrected chi connectivity index (χ1v) is 3.96. The van der Waals surface area contributed by atoms with Crippen LogP contribution in [0.5, 0.6) is 0 Å². The summed E-state index contributed by atoms with van der Waals surface area (Å²) in [6.45, 7) is -0.0570. The molecule has 1 amide bonds. The first-order chi connectivity index (χ1) is 6.74. The molecule has 0 aromatic heterocycles. The van der Waals surface area contributed by atoms with Crippen molar-refractivity contribution in [1.82, 2.24) is 0 Å². The van der Waals surface area contributed by atoms with Crippen LogP contribution in [0.2, 0.25) is 0 Å². The number of nitrogens with two attached hydrogens (primary N) is 1. The van der Waals surface area contributed by atoms with Crippen LogP contribution in [0.4, 0.5) is 16.2 Å². The molecule has 1 rings (SSSR count). The molecule has 1 aromatic rings. The Morgan fingerprint density at radius 2 is 2.29 bits per heavy atom. The number of carbonyl (C=O) groups is 1. The van der Waals surface area contributed by atoms with E-state index in [1.165, 1.54) is 0 Å². The second kappa shape index (κ2) is 4.77. The Bertz CT molecular complexity index is 369. The number of ether oxygens (including phenoxy) is 1. The van der Waals surface area contributed by atoms with Crippen molar-refractivity contribution in [3.05, 3.63) is 24.3 Å². The summed E-state index contributed by atoms with van der Waals surface area (Å²) in [5.41, 5.74) is 6.57. The molecule has 0 bridgehead atoms. The van der Waals surface area contributed by atoms with Gasteiger partial charge in [-0.15, -0.1) is 6.42 Å². The maximum atomic E-state index is 11.0. The van der Waals surface area contributed by atoms with E-state index in [1.807, 2.05) is 0 Å². The van der Waals surface area contributed by atoms with Gasteiger partial charge in [-0.05, 0) is 12.1 Å². The highest BCUT2D eigenvalue weighted by Crippen LogP contribution is 2.16. The quantitative estimate of drug-likeness (QED) is 0.548. The van der Waals surface area contributed by atoms with Crippen molar-refractivity contribution in [3.63, 3.8) is 0 Å². The summed E-state index contributed by atoms with van der Waals surface area (Å²) >= 11 is 0. The summed E-state index contributed by atoms with van der Waals surface area (Å²) in [6.07, 6.45) is 4.31. The molecule has 0 aliphatic carbocycles. The molecular formula is C10H10N2O2. The standard InChI is InChI=1S/C10H10N2O2/c1-2-7-14-10(13)12-9-6-4-3-5-8(9)11/h1,3-6H,7,11H2,(H,12,13). The van der Waals surface area contributed by atoms with Gasteiger partial charge in [0.05, 0.1) is 11.4 Å². The van der Waals surface area contributed by atoms with Crippen LogP contribution >= 0.6 is 0 Å². The Hall–Kier alpha value is -2.15. The van der Waals surface area contributed by atoms with E-state index in [1.54, 1.807) is 24.3 Å². The number of nitrogen functional groups attached to an aromatic ring is 1. The predicted molar refractivity (Wildman–Crippen MR) is 54.7 cm³/mol. The fraction of sp³-hybridized carbons (Fsp3) is 0.100. The molecule has 4 heteroatoms. The Morgan fingerprint density at radius 3 is 2.93 bits per heavy atom. The highest BCUT2D eigenvalue weighted by atomic mass is 16.5. The lowest BCUT2D eigenvalue weighted by Gasteiger charge is -2.06. The summed E-state index contributed by atoms with van der Waals surface area (Å²) < 4.78 is 4.61. The third-order valence-electron chi connectivity index (χ3n) is 1.48. The first kappa shape index (κ1) is 9.93. The SMILES string of the molecule is C#CCOC(=O)Nc1ccccc1N. The smallest absolute Gasteiger partial charge is 0.412 e. The van der Waals surface area contributed by atoms with Crippen LogP contribution in [0.3, 0.4) is 0 Å². The van der Waals surface area contributed by atoms with Crippen molar-refractivity contribution in [2.24, 2.45) is 0 Å². The van der Waals surface area contributed by atoms with Crippen LogP contribution in [-0.4, -0.2) is 12.7 Å². The number of carbonyl (C=O) groups excluding carboxylic acids is 1. The van der Waals surface area contributed by atoms with Crippen molar-refractivity contribution < 1.29 is 9.53 Å². The monoisotopic (exact) mass is 190 g/mol. The third-order valence-corrected chi connectivity index (χ3v) is 1.48. The lowest BCUT2D eigenvalue weighted by atomic mass is 10.3. The van der Waals surface area contributed by atoms with E-state index in [0.717, 1.165) is 0 Å². The second-order valence-corrected chi connectivity index (χ2v) is 2.49. The van der Waals surface area contributed by atoms with Gasteiger partial charge in [-0.2, -0.15) is 0 Å². The van der Waals surface area contributed by atoms with Crippen molar-refractivity contribution in [2.45, 2.75) is 0 Å². The number of terminal acetylenes is 1. The summed E-state index contributed by atoms with van der Waals surface area (Å²) in [4.78, 5) is 11.0. The van der Waals surface area contributed by atoms with E-state index >= 15 is 0 Å². The minimum atomic E-state index is -0.610. The molecule has 0 aliphatic heterocycles. The van der Waals surface area contributed by atoms with Gasteiger partial charge in [-0.25, -0.2) is 4.79 Å². The normalized spacial score (nSPS) is 8.79. The zero-order valence-corrected chi connectivity index (χ0v) is 7.49. The number of rotatable bonds is 2. The van der Waals surface area contributed by atoms with E-state index in [2.05, 4.69) is 16.0 Å². The van der Waals surface area contributed by atoms with Gasteiger partial charge in [0.1, 0.15) is 0 Å². The van der Waals surface area contributed by atoms with Gasteiger partial charge in [-0.3, -0.25) is 5.32 Å². The van der Waals surface area contributed by atoms with Crippen LogP contribution < -0.4 is 11.1 Å². The lowest BCUT2D eigenvalue weighted by Crippen LogP contribution is -2.14. The molecule has 0 atom stereocenters. The number of anilines is 2. The van der Waals surface area contributed by atoms with E-state index in [9.17, 15) is 4.79 Å². The highest BCUT2D eigenvalue weighted by molar-refractivity contribution is 5.88. The number of benzene rings is 1. The van der Waals surface area contributed by atoms with Gasteiger partial charge in [0.2, 0.25) is 0 Å². The van der Waals surface area contributed by atoms with Gasteiger partial charge in [0.15, 0.2) is 6.61 Å². The summed E-state index contributed by atoms with van der Waals surface area (Å²) in [5.74, 6) is 2.18. The number of nitrogens with one attached hydrogen (secondary N) is 1. The molecule has 0 saturated carbocycles. The highest BCUT2D eigenvalue weighted by Gasteiger charge is 2.03. The molecule has 0 unspecified atom stereocenters. The zero-order valence-electron chi connectivity index (χ0n) is 7.49. The molecule has 0 radical (unpaired) electrons. The Morgan fingerprint density at radius 1 is 1.57 bits per heavy atom. The van der Waals surface area contributed by atoms with Crippen molar-refractivity contribution in [1.29, 1.82) is 0 Å². The summed E-state index contributed by atoms with van der Waals surface area (Å²) in [5, 5.41) is 2.46. The second-order valence-electron chi connectivity index (χ2n) is 2.49. The van der Waals surface area contributed by atoms with Crippen LogP contribution in [0.15, 0.2) is 24.3 Å². The molecule has 14 heavy (non-hydrogen) atoms. The molecule has 0 spiro atoms. The number of hydrogen-bond donors (Lipinski definition) is 2. The van der Waals surface area contributed by atoms with Crippen molar-refractivity contribution in [2.75, 3.05) is 17.7 Å². The lowest BCUT2D eigenvalue weighted by molar-refractivity contribution is 0.176. The molecule has 0 heterocycles. The molecule has 3 N–H and O–H groups in total. The molecule has 4 nitrogen and oxygen atoms in total. The predicted octanol–water partition coefficient (Wildman–Crippen LogP) is 1.45. The number of para-hydroxylation sites is 2. The Kier molecular flexibility index (Phi) is 3.39. The van der Waals surface area contributed by atoms with E-state index in [4.69, 9.17) is 12.2 Å². The number of hydrogen-bond acceptors (Lipinski definition) is 3. The van der Waals surface area contributed by atoms with Gasteiger partial charge in [0.25, 0.3) is 0 Å². The average Bonchev–Trinajstić information content (AvgIpc) is 2.18. The van der Waals surface area contributed by atoms with E-state index in [-0.39, 0.29) is 6.61 Å². The van der Waals surface area contributed by atoms with Crippen molar-refractivity contribution in [3.8, 4) is 12.3 Å². The number of amides is 1.